The second-order valence-corrected chi connectivity index (χ2v) is 7.92. The van der Waals surface area contributed by atoms with E-state index < -0.39 is 0 Å². The summed E-state index contributed by atoms with van der Waals surface area (Å²) in [6.07, 6.45) is 3.05. The average molecular weight is 395 g/mol. The lowest BCUT2D eigenvalue weighted by Crippen LogP contribution is -2.10. The molecule has 0 saturated carbocycles. The number of phenols is 1. The minimum Gasteiger partial charge on any atom is -0.506 e. The van der Waals surface area contributed by atoms with Crippen LogP contribution in [0.15, 0.2) is 44.6 Å². The number of fused-ring (bicyclic) bond motifs is 3. The van der Waals surface area contributed by atoms with Crippen LogP contribution in [0.2, 0.25) is 5.02 Å². The van der Waals surface area contributed by atoms with E-state index in [0.29, 0.717) is 34.4 Å². The molecule has 2 heterocycles. The van der Waals surface area contributed by atoms with Crippen LogP contribution in [0.25, 0.3) is 11.0 Å². The van der Waals surface area contributed by atoms with E-state index in [9.17, 15) is 9.90 Å². The van der Waals surface area contributed by atoms with Crippen LogP contribution in [0.1, 0.15) is 46.7 Å². The first kappa shape index (κ1) is 17.3. The Bertz CT molecular complexity index is 1200. The molecule has 1 aliphatic carbocycles. The van der Waals surface area contributed by atoms with Gasteiger partial charge >= 0.3 is 5.63 Å². The molecule has 2 aliphatic rings. The summed E-state index contributed by atoms with van der Waals surface area (Å²) in [7, 11) is 0. The first-order valence-electron chi connectivity index (χ1n) is 9.42. The van der Waals surface area contributed by atoms with Crippen molar-refractivity contribution in [3.8, 4) is 5.75 Å². The van der Waals surface area contributed by atoms with Gasteiger partial charge in [-0.25, -0.2) is 4.79 Å². The maximum absolute atomic E-state index is 12.2. The first-order valence-corrected chi connectivity index (χ1v) is 9.80. The first-order chi connectivity index (χ1) is 13.5. The molecule has 2 aromatic carbocycles. The third kappa shape index (κ3) is 2.61. The van der Waals surface area contributed by atoms with E-state index in [1.807, 2.05) is 37.3 Å². The molecule has 5 nitrogen and oxygen atoms in total. The van der Waals surface area contributed by atoms with Crippen molar-refractivity contribution < 1.29 is 9.52 Å². The van der Waals surface area contributed by atoms with E-state index in [0.717, 1.165) is 40.8 Å². The molecule has 0 fully saturated rings. The Morgan fingerprint density at radius 2 is 1.96 bits per heavy atom. The highest BCUT2D eigenvalue weighted by Crippen LogP contribution is 2.39. The van der Waals surface area contributed by atoms with E-state index in [1.165, 1.54) is 0 Å². The minimum atomic E-state index is -0.283. The summed E-state index contributed by atoms with van der Waals surface area (Å²) in [4.78, 5) is 12.2. The molecular weight excluding hydrogens is 376 g/mol. The number of rotatable bonds is 2. The Balaban J connectivity index is 1.59. The van der Waals surface area contributed by atoms with Crippen LogP contribution in [-0.4, -0.2) is 10.8 Å². The summed E-state index contributed by atoms with van der Waals surface area (Å²) in [6.45, 7) is 1.90. The normalized spacial score (nSPS) is 18.2. The van der Waals surface area contributed by atoms with Crippen molar-refractivity contribution in [3.63, 3.8) is 0 Å². The number of aryl methyl sites for hydroxylation is 2. The van der Waals surface area contributed by atoms with Gasteiger partial charge in [-0.1, -0.05) is 23.7 Å². The zero-order chi connectivity index (χ0) is 19.4. The van der Waals surface area contributed by atoms with Crippen molar-refractivity contribution in [1.82, 2.24) is 5.43 Å². The van der Waals surface area contributed by atoms with Gasteiger partial charge in [0.05, 0.1) is 17.1 Å². The number of hydrogen-bond acceptors (Lipinski definition) is 5. The number of phenolic OH excluding ortho intramolecular Hbond substituents is 1. The molecule has 1 aromatic heterocycles. The second-order valence-electron chi connectivity index (χ2n) is 7.49. The minimum absolute atomic E-state index is 0.0289. The lowest BCUT2D eigenvalue weighted by molar-refractivity contribution is 0.476. The van der Waals surface area contributed by atoms with Gasteiger partial charge in [0.25, 0.3) is 0 Å². The SMILES string of the molecule is Cc1cc2oc(=O)c3c(c2c(O)c1C1=NN[C@@H](c2ccc(Cl)cc2)C1)CCC3. The van der Waals surface area contributed by atoms with Crippen molar-refractivity contribution in [3.05, 3.63) is 73.6 Å². The Morgan fingerprint density at radius 3 is 2.75 bits per heavy atom. The monoisotopic (exact) mass is 394 g/mol. The molecule has 6 heteroatoms. The van der Waals surface area contributed by atoms with E-state index >= 15 is 0 Å². The molecular formula is C22H19ClN2O3. The van der Waals surface area contributed by atoms with E-state index in [1.54, 1.807) is 0 Å². The van der Waals surface area contributed by atoms with Crippen LogP contribution in [0.5, 0.6) is 5.75 Å². The number of nitrogens with one attached hydrogen (secondary N) is 1. The molecule has 0 amide bonds. The number of aromatic hydroxyl groups is 1. The zero-order valence-corrected chi connectivity index (χ0v) is 16.1. The number of hydrazone groups is 1. The van der Waals surface area contributed by atoms with Gasteiger partial charge in [0.2, 0.25) is 0 Å². The molecule has 142 valence electrons. The molecule has 0 saturated heterocycles. The zero-order valence-electron chi connectivity index (χ0n) is 15.4. The van der Waals surface area contributed by atoms with E-state index in [-0.39, 0.29) is 17.4 Å². The summed E-state index contributed by atoms with van der Waals surface area (Å²) >= 11 is 5.98. The Kier molecular flexibility index (Phi) is 3.95. The topological polar surface area (TPSA) is 74.8 Å². The van der Waals surface area contributed by atoms with Crippen LogP contribution in [0.3, 0.4) is 0 Å². The Labute approximate surface area is 166 Å². The molecule has 0 bridgehead atoms. The van der Waals surface area contributed by atoms with Crippen molar-refractivity contribution in [1.29, 1.82) is 0 Å². The quantitative estimate of drug-likeness (QED) is 0.632. The molecule has 28 heavy (non-hydrogen) atoms. The Hall–Kier alpha value is -2.79. The highest BCUT2D eigenvalue weighted by atomic mass is 35.5. The molecule has 1 aliphatic heterocycles. The van der Waals surface area contributed by atoms with Gasteiger partial charge < -0.3 is 14.9 Å². The van der Waals surface area contributed by atoms with Crippen LogP contribution in [0.4, 0.5) is 0 Å². The van der Waals surface area contributed by atoms with Gasteiger partial charge in [0.15, 0.2) is 0 Å². The molecule has 0 unspecified atom stereocenters. The van der Waals surface area contributed by atoms with Crippen molar-refractivity contribution in [2.45, 2.75) is 38.6 Å². The van der Waals surface area contributed by atoms with E-state index in [4.69, 9.17) is 16.0 Å². The fourth-order valence-corrected chi connectivity index (χ4v) is 4.52. The average Bonchev–Trinajstić information content (AvgIpc) is 3.32. The van der Waals surface area contributed by atoms with Crippen LogP contribution in [-0.2, 0) is 12.8 Å². The van der Waals surface area contributed by atoms with Crippen molar-refractivity contribution in [2.75, 3.05) is 0 Å². The number of hydrogen-bond donors (Lipinski definition) is 2. The smallest absolute Gasteiger partial charge is 0.339 e. The second kappa shape index (κ2) is 6.38. The van der Waals surface area contributed by atoms with Crippen LogP contribution < -0.4 is 11.1 Å². The third-order valence-electron chi connectivity index (χ3n) is 5.74. The highest BCUT2D eigenvalue weighted by Gasteiger charge is 2.28. The third-order valence-corrected chi connectivity index (χ3v) is 6.00. The van der Waals surface area contributed by atoms with Crippen LogP contribution >= 0.6 is 11.6 Å². The van der Waals surface area contributed by atoms with Gasteiger partial charge in [-0.2, -0.15) is 5.10 Å². The van der Waals surface area contributed by atoms with Gasteiger partial charge in [-0.15, -0.1) is 0 Å². The van der Waals surface area contributed by atoms with Crippen LogP contribution in [0, 0.1) is 6.92 Å². The molecule has 3 aromatic rings. The predicted octanol–water partition coefficient (Wildman–Crippen LogP) is 4.39. The lowest BCUT2D eigenvalue weighted by atomic mass is 9.93. The highest BCUT2D eigenvalue weighted by molar-refractivity contribution is 6.30. The van der Waals surface area contributed by atoms with Gasteiger partial charge in [0, 0.05) is 22.6 Å². The standard InChI is InChI=1S/C22H19ClN2O3/c1-11-9-18-20(14-3-2-4-15(14)22(27)28-18)21(26)19(11)17-10-16(24-25-17)12-5-7-13(23)8-6-12/h5-9,16,24,26H,2-4,10H2,1H3/t16-/m1/s1. The number of halogens is 1. The molecule has 5 rings (SSSR count). The summed E-state index contributed by atoms with van der Waals surface area (Å²) in [5, 5.41) is 17.0. The summed E-state index contributed by atoms with van der Waals surface area (Å²) < 4.78 is 5.50. The predicted molar refractivity (Wildman–Crippen MR) is 109 cm³/mol. The number of benzene rings is 2. The maximum Gasteiger partial charge on any atom is 0.339 e. The fourth-order valence-electron chi connectivity index (χ4n) is 4.40. The summed E-state index contributed by atoms with van der Waals surface area (Å²) in [5.74, 6) is 0.161. The van der Waals surface area contributed by atoms with Gasteiger partial charge in [0.1, 0.15) is 11.3 Å². The Morgan fingerprint density at radius 1 is 1.21 bits per heavy atom. The summed E-state index contributed by atoms with van der Waals surface area (Å²) in [6, 6.07) is 9.55. The largest absolute Gasteiger partial charge is 0.506 e. The van der Waals surface area contributed by atoms with Crippen molar-refractivity contribution in [2.24, 2.45) is 5.10 Å². The van der Waals surface area contributed by atoms with Crippen molar-refractivity contribution >= 4 is 28.3 Å². The fraction of sp³-hybridized carbons (Fsp3) is 0.273. The molecule has 0 radical (unpaired) electrons. The molecule has 1 atom stereocenters. The van der Waals surface area contributed by atoms with Gasteiger partial charge in [-0.3, -0.25) is 0 Å². The number of nitrogens with zero attached hydrogens (tertiary/aromatic N) is 1. The molecule has 2 N–H and O–H groups in total. The summed E-state index contributed by atoms with van der Waals surface area (Å²) in [5.41, 5.74) is 8.40. The lowest BCUT2D eigenvalue weighted by Gasteiger charge is -2.14. The van der Waals surface area contributed by atoms with Gasteiger partial charge in [-0.05, 0) is 61.1 Å². The van der Waals surface area contributed by atoms with E-state index in [2.05, 4.69) is 10.5 Å². The maximum atomic E-state index is 12.2. The molecule has 0 spiro atoms.